The van der Waals surface area contributed by atoms with Crippen LogP contribution >= 0.6 is 11.6 Å². The Hall–Kier alpha value is -1.80. The van der Waals surface area contributed by atoms with Gasteiger partial charge in [0.15, 0.2) is 0 Å². The number of halogens is 1. The molecule has 0 atom stereocenters. The van der Waals surface area contributed by atoms with Gasteiger partial charge >= 0.3 is 0 Å². The molecule has 0 heterocycles. The van der Waals surface area contributed by atoms with Gasteiger partial charge in [0.25, 0.3) is 0 Å². The highest BCUT2D eigenvalue weighted by Gasteiger charge is 2.01. The van der Waals surface area contributed by atoms with Crippen LogP contribution in [-0.2, 0) is 4.79 Å². The van der Waals surface area contributed by atoms with Crippen LogP contribution in [0.1, 0.15) is 0 Å². The van der Waals surface area contributed by atoms with Crippen molar-refractivity contribution >= 4 is 23.2 Å². The van der Waals surface area contributed by atoms with Crippen molar-refractivity contribution in [1.82, 2.24) is 0 Å². The van der Waals surface area contributed by atoms with Crippen molar-refractivity contribution in [2.75, 3.05) is 11.2 Å². The minimum absolute atomic E-state index is 0.0322. The molecule has 1 N–H and O–H groups in total. The smallest absolute Gasteiger partial charge is 0.239 e. The van der Waals surface area contributed by atoms with Crippen molar-refractivity contribution in [2.45, 2.75) is 0 Å². The molecule has 86 valence electrons. The molecule has 0 aliphatic heterocycles. The van der Waals surface area contributed by atoms with Gasteiger partial charge in [0, 0.05) is 5.69 Å². The lowest BCUT2D eigenvalue weighted by molar-refractivity contribution is -0.113. The second-order valence-electron chi connectivity index (χ2n) is 3.63. The SMILES string of the molecule is O=C(CCl)Nc1cccc(-c2ccccc2)c1. The Bertz CT molecular complexity index is 511. The molecule has 2 aromatic rings. The van der Waals surface area contributed by atoms with Crippen molar-refractivity contribution < 1.29 is 4.79 Å². The second kappa shape index (κ2) is 5.51. The van der Waals surface area contributed by atoms with Gasteiger partial charge in [-0.25, -0.2) is 0 Å². The van der Waals surface area contributed by atoms with E-state index >= 15 is 0 Å². The summed E-state index contributed by atoms with van der Waals surface area (Å²) in [5.41, 5.74) is 2.95. The van der Waals surface area contributed by atoms with Crippen LogP contribution in [0.25, 0.3) is 11.1 Å². The van der Waals surface area contributed by atoms with Crippen LogP contribution in [0.2, 0.25) is 0 Å². The Morgan fingerprint density at radius 3 is 2.41 bits per heavy atom. The van der Waals surface area contributed by atoms with Crippen molar-refractivity contribution in [3.63, 3.8) is 0 Å². The summed E-state index contributed by atoms with van der Waals surface area (Å²) in [4.78, 5) is 11.2. The molecule has 0 bridgehead atoms. The molecule has 2 nitrogen and oxygen atoms in total. The normalized spacial score (nSPS) is 9.94. The number of anilines is 1. The molecule has 0 fully saturated rings. The van der Waals surface area contributed by atoms with E-state index in [9.17, 15) is 4.79 Å². The van der Waals surface area contributed by atoms with E-state index in [0.717, 1.165) is 16.8 Å². The molecule has 0 radical (unpaired) electrons. The fraction of sp³-hybridized carbons (Fsp3) is 0.0714. The summed E-state index contributed by atoms with van der Waals surface area (Å²) in [6.07, 6.45) is 0. The first-order valence-corrected chi connectivity index (χ1v) is 5.84. The minimum Gasteiger partial charge on any atom is -0.325 e. The van der Waals surface area contributed by atoms with E-state index in [1.165, 1.54) is 0 Å². The Balaban J connectivity index is 2.26. The first-order valence-electron chi connectivity index (χ1n) is 5.31. The van der Waals surface area contributed by atoms with Gasteiger partial charge in [-0.2, -0.15) is 0 Å². The quantitative estimate of drug-likeness (QED) is 0.824. The van der Waals surface area contributed by atoms with Crippen molar-refractivity contribution in [1.29, 1.82) is 0 Å². The Kier molecular flexibility index (Phi) is 3.78. The highest BCUT2D eigenvalue weighted by Crippen LogP contribution is 2.22. The standard InChI is InChI=1S/C14H12ClNO/c15-10-14(17)16-13-8-4-7-12(9-13)11-5-2-1-3-6-11/h1-9H,10H2,(H,16,17). The van der Waals surface area contributed by atoms with Gasteiger partial charge < -0.3 is 5.32 Å². The van der Waals surface area contributed by atoms with Crippen LogP contribution in [0.4, 0.5) is 5.69 Å². The number of benzene rings is 2. The van der Waals surface area contributed by atoms with Gasteiger partial charge in [-0.15, -0.1) is 11.6 Å². The summed E-state index contributed by atoms with van der Waals surface area (Å²) in [6, 6.07) is 17.7. The van der Waals surface area contributed by atoms with Crippen LogP contribution in [0.15, 0.2) is 54.6 Å². The molecular weight excluding hydrogens is 234 g/mol. The molecule has 2 aromatic carbocycles. The molecule has 2 rings (SSSR count). The number of alkyl halides is 1. The lowest BCUT2D eigenvalue weighted by atomic mass is 10.1. The summed E-state index contributed by atoms with van der Waals surface area (Å²) >= 11 is 5.45. The predicted octanol–water partition coefficient (Wildman–Crippen LogP) is 3.53. The van der Waals surface area contributed by atoms with Crippen molar-refractivity contribution in [3.05, 3.63) is 54.6 Å². The van der Waals surface area contributed by atoms with Crippen LogP contribution < -0.4 is 5.32 Å². The molecule has 1 amide bonds. The fourth-order valence-electron chi connectivity index (χ4n) is 1.60. The average molecular weight is 246 g/mol. The maximum Gasteiger partial charge on any atom is 0.239 e. The van der Waals surface area contributed by atoms with E-state index in [1.54, 1.807) is 0 Å². The Morgan fingerprint density at radius 1 is 1.00 bits per heavy atom. The summed E-state index contributed by atoms with van der Waals surface area (Å²) in [5.74, 6) is -0.230. The van der Waals surface area contributed by atoms with Crippen LogP contribution in [0.3, 0.4) is 0 Å². The average Bonchev–Trinajstić information content (AvgIpc) is 2.40. The lowest BCUT2D eigenvalue weighted by Gasteiger charge is -2.06. The van der Waals surface area contributed by atoms with Gasteiger partial charge in [-0.05, 0) is 23.3 Å². The monoisotopic (exact) mass is 245 g/mol. The first kappa shape index (κ1) is 11.7. The number of nitrogens with one attached hydrogen (secondary N) is 1. The summed E-state index contributed by atoms with van der Waals surface area (Å²) in [7, 11) is 0. The zero-order valence-electron chi connectivity index (χ0n) is 9.19. The van der Waals surface area contributed by atoms with E-state index in [1.807, 2.05) is 54.6 Å². The molecule has 0 unspecified atom stereocenters. The van der Waals surface area contributed by atoms with Gasteiger partial charge in [-0.1, -0.05) is 42.5 Å². The van der Waals surface area contributed by atoms with E-state index in [0.29, 0.717) is 0 Å². The molecule has 17 heavy (non-hydrogen) atoms. The van der Waals surface area contributed by atoms with Crippen LogP contribution in [-0.4, -0.2) is 11.8 Å². The lowest BCUT2D eigenvalue weighted by Crippen LogP contribution is -2.12. The van der Waals surface area contributed by atoms with Gasteiger partial charge in [-0.3, -0.25) is 4.79 Å². The molecule has 0 aliphatic carbocycles. The maximum atomic E-state index is 11.2. The van der Waals surface area contributed by atoms with Gasteiger partial charge in [0.2, 0.25) is 5.91 Å². The van der Waals surface area contributed by atoms with Crippen molar-refractivity contribution in [2.24, 2.45) is 0 Å². The van der Waals surface area contributed by atoms with Crippen molar-refractivity contribution in [3.8, 4) is 11.1 Å². The van der Waals surface area contributed by atoms with E-state index in [2.05, 4.69) is 5.32 Å². The van der Waals surface area contributed by atoms with E-state index in [4.69, 9.17) is 11.6 Å². The van der Waals surface area contributed by atoms with E-state index in [-0.39, 0.29) is 11.8 Å². The molecule has 0 aliphatic rings. The number of hydrogen-bond donors (Lipinski definition) is 1. The molecule has 0 saturated heterocycles. The van der Waals surface area contributed by atoms with Gasteiger partial charge in [0.05, 0.1) is 0 Å². The summed E-state index contributed by atoms with van der Waals surface area (Å²) < 4.78 is 0. The summed E-state index contributed by atoms with van der Waals surface area (Å²) in [5, 5.41) is 2.73. The third kappa shape index (κ3) is 3.08. The summed E-state index contributed by atoms with van der Waals surface area (Å²) in [6.45, 7) is 0. The second-order valence-corrected chi connectivity index (χ2v) is 3.90. The van der Waals surface area contributed by atoms with Crippen LogP contribution in [0.5, 0.6) is 0 Å². The Morgan fingerprint density at radius 2 is 1.71 bits per heavy atom. The molecular formula is C14H12ClNO. The molecule has 0 spiro atoms. The number of hydrogen-bond acceptors (Lipinski definition) is 1. The molecule has 0 aromatic heterocycles. The van der Waals surface area contributed by atoms with Gasteiger partial charge in [0.1, 0.15) is 5.88 Å². The zero-order chi connectivity index (χ0) is 12.1. The molecule has 0 saturated carbocycles. The van der Waals surface area contributed by atoms with E-state index < -0.39 is 0 Å². The highest BCUT2D eigenvalue weighted by atomic mass is 35.5. The first-order chi connectivity index (χ1) is 8.29. The minimum atomic E-state index is -0.197. The topological polar surface area (TPSA) is 29.1 Å². The third-order valence-corrected chi connectivity index (χ3v) is 2.62. The molecule has 3 heteroatoms. The highest BCUT2D eigenvalue weighted by molar-refractivity contribution is 6.29. The Labute approximate surface area is 105 Å². The third-order valence-electron chi connectivity index (χ3n) is 2.37. The number of amides is 1. The number of rotatable bonds is 3. The fourth-order valence-corrected chi connectivity index (χ4v) is 1.67. The van der Waals surface area contributed by atoms with Crippen LogP contribution in [0, 0.1) is 0 Å². The maximum absolute atomic E-state index is 11.2. The number of carbonyl (C=O) groups is 1. The zero-order valence-corrected chi connectivity index (χ0v) is 9.95. The largest absolute Gasteiger partial charge is 0.325 e. The predicted molar refractivity (Wildman–Crippen MR) is 71.2 cm³/mol. The number of carbonyl (C=O) groups excluding carboxylic acids is 1.